The second kappa shape index (κ2) is 4.17. The molecule has 0 aliphatic carbocycles. The second-order valence-corrected chi connectivity index (χ2v) is 3.63. The number of urea groups is 1. The van der Waals surface area contributed by atoms with Gasteiger partial charge in [-0.05, 0) is 17.7 Å². The summed E-state index contributed by atoms with van der Waals surface area (Å²) < 4.78 is 1.60. The van der Waals surface area contributed by atoms with Gasteiger partial charge in [0, 0.05) is 18.3 Å². The molecule has 88 valence electrons. The molecule has 0 radical (unpaired) electrons. The van der Waals surface area contributed by atoms with Crippen LogP contribution in [0.3, 0.4) is 0 Å². The van der Waals surface area contributed by atoms with E-state index < -0.39 is 6.03 Å². The van der Waals surface area contributed by atoms with Crippen molar-refractivity contribution in [1.29, 1.82) is 0 Å². The Balaban J connectivity index is 2.29. The molecular formula is C11H13N5O. The molecule has 0 atom stereocenters. The standard InChI is InChI=1S/C11H13N5O/c1-16-10(12)9(6-14-16)7-2-4-8(5-3-7)15-11(13)17/h2-6H,12H2,1H3,(H3,13,15,17). The van der Waals surface area contributed by atoms with Crippen molar-refractivity contribution in [1.82, 2.24) is 9.78 Å². The van der Waals surface area contributed by atoms with Gasteiger partial charge in [-0.15, -0.1) is 0 Å². The topological polar surface area (TPSA) is 99.0 Å². The van der Waals surface area contributed by atoms with Gasteiger partial charge in [0.15, 0.2) is 0 Å². The van der Waals surface area contributed by atoms with Gasteiger partial charge in [0.1, 0.15) is 5.82 Å². The van der Waals surface area contributed by atoms with E-state index in [4.69, 9.17) is 11.5 Å². The third kappa shape index (κ3) is 2.20. The van der Waals surface area contributed by atoms with Crippen molar-refractivity contribution in [3.05, 3.63) is 30.5 Å². The maximum absolute atomic E-state index is 10.7. The lowest BCUT2D eigenvalue weighted by Gasteiger charge is -2.04. The Bertz CT molecular complexity index is 543. The minimum absolute atomic E-state index is 0.585. The van der Waals surface area contributed by atoms with Crippen molar-refractivity contribution in [3.8, 4) is 11.1 Å². The van der Waals surface area contributed by atoms with Crippen LogP contribution < -0.4 is 16.8 Å². The molecule has 1 aromatic carbocycles. The van der Waals surface area contributed by atoms with Crippen molar-refractivity contribution >= 4 is 17.5 Å². The van der Waals surface area contributed by atoms with Gasteiger partial charge in [0.25, 0.3) is 0 Å². The first kappa shape index (κ1) is 11.0. The third-order valence-corrected chi connectivity index (χ3v) is 2.45. The van der Waals surface area contributed by atoms with Crippen LogP contribution in [0.4, 0.5) is 16.3 Å². The number of carbonyl (C=O) groups excluding carboxylic acids is 1. The fraction of sp³-hybridized carbons (Fsp3) is 0.0909. The van der Waals surface area contributed by atoms with Crippen LogP contribution in [0.5, 0.6) is 0 Å². The van der Waals surface area contributed by atoms with Gasteiger partial charge < -0.3 is 16.8 Å². The summed E-state index contributed by atoms with van der Waals surface area (Å²) in [5.74, 6) is 0.598. The number of rotatable bonds is 2. The minimum Gasteiger partial charge on any atom is -0.383 e. The van der Waals surface area contributed by atoms with E-state index in [0.717, 1.165) is 11.1 Å². The van der Waals surface area contributed by atoms with Gasteiger partial charge in [0.2, 0.25) is 0 Å². The molecule has 1 aromatic heterocycles. The Morgan fingerprint density at radius 2 is 2.00 bits per heavy atom. The van der Waals surface area contributed by atoms with Gasteiger partial charge >= 0.3 is 6.03 Å². The Labute approximate surface area is 98.2 Å². The SMILES string of the molecule is Cn1ncc(-c2ccc(NC(N)=O)cc2)c1N. The number of nitrogens with zero attached hydrogens (tertiary/aromatic N) is 2. The number of anilines is 2. The summed E-state index contributed by atoms with van der Waals surface area (Å²) in [7, 11) is 1.78. The summed E-state index contributed by atoms with van der Waals surface area (Å²) in [6.07, 6.45) is 1.70. The molecule has 2 aromatic rings. The van der Waals surface area contributed by atoms with Crippen molar-refractivity contribution in [2.75, 3.05) is 11.1 Å². The number of nitrogen functional groups attached to an aromatic ring is 1. The van der Waals surface area contributed by atoms with Gasteiger partial charge in [0.05, 0.1) is 6.20 Å². The maximum atomic E-state index is 10.7. The van der Waals surface area contributed by atoms with Crippen LogP contribution in [0, 0.1) is 0 Å². The highest BCUT2D eigenvalue weighted by molar-refractivity contribution is 5.88. The van der Waals surface area contributed by atoms with Crippen LogP contribution in [-0.4, -0.2) is 15.8 Å². The first-order valence-corrected chi connectivity index (χ1v) is 5.02. The summed E-state index contributed by atoms with van der Waals surface area (Å²) >= 11 is 0. The van der Waals surface area contributed by atoms with Crippen LogP contribution in [0.25, 0.3) is 11.1 Å². The molecule has 1 heterocycles. The molecule has 0 aliphatic heterocycles. The maximum Gasteiger partial charge on any atom is 0.316 e. The number of aryl methyl sites for hydroxylation is 1. The fourth-order valence-corrected chi connectivity index (χ4v) is 1.54. The van der Waals surface area contributed by atoms with E-state index >= 15 is 0 Å². The molecule has 0 unspecified atom stereocenters. The molecular weight excluding hydrogens is 218 g/mol. The van der Waals surface area contributed by atoms with Crippen LogP contribution in [-0.2, 0) is 7.05 Å². The average molecular weight is 231 g/mol. The van der Waals surface area contributed by atoms with E-state index in [1.807, 2.05) is 12.1 Å². The zero-order valence-corrected chi connectivity index (χ0v) is 9.34. The van der Waals surface area contributed by atoms with E-state index in [2.05, 4.69) is 10.4 Å². The Morgan fingerprint density at radius 3 is 2.47 bits per heavy atom. The monoisotopic (exact) mass is 231 g/mol. The third-order valence-electron chi connectivity index (χ3n) is 2.45. The summed E-state index contributed by atoms with van der Waals surface area (Å²) in [5, 5.41) is 6.56. The number of amides is 2. The zero-order valence-electron chi connectivity index (χ0n) is 9.34. The van der Waals surface area contributed by atoms with Gasteiger partial charge in [-0.2, -0.15) is 5.10 Å². The van der Waals surface area contributed by atoms with E-state index in [9.17, 15) is 4.79 Å². The van der Waals surface area contributed by atoms with E-state index in [1.165, 1.54) is 0 Å². The molecule has 0 saturated heterocycles. The van der Waals surface area contributed by atoms with Gasteiger partial charge in [-0.25, -0.2) is 4.79 Å². The molecule has 6 heteroatoms. The molecule has 2 rings (SSSR count). The highest BCUT2D eigenvalue weighted by atomic mass is 16.2. The molecule has 5 N–H and O–H groups in total. The number of hydrogen-bond donors (Lipinski definition) is 3. The summed E-state index contributed by atoms with van der Waals surface area (Å²) in [6, 6.07) is 6.62. The summed E-state index contributed by atoms with van der Waals surface area (Å²) in [4.78, 5) is 10.7. The molecule has 0 spiro atoms. The quantitative estimate of drug-likeness (QED) is 0.723. The summed E-state index contributed by atoms with van der Waals surface area (Å²) in [5.41, 5.74) is 13.3. The lowest BCUT2D eigenvalue weighted by Crippen LogP contribution is -2.19. The number of nitrogens with two attached hydrogens (primary N) is 2. The second-order valence-electron chi connectivity index (χ2n) is 3.63. The molecule has 17 heavy (non-hydrogen) atoms. The lowest BCUT2D eigenvalue weighted by molar-refractivity contribution is 0.259. The molecule has 0 aliphatic rings. The largest absolute Gasteiger partial charge is 0.383 e. The number of primary amides is 1. The Morgan fingerprint density at radius 1 is 1.35 bits per heavy atom. The minimum atomic E-state index is -0.585. The van der Waals surface area contributed by atoms with Crippen LogP contribution >= 0.6 is 0 Å². The van der Waals surface area contributed by atoms with Gasteiger partial charge in [-0.3, -0.25) is 4.68 Å². The average Bonchev–Trinajstić information content (AvgIpc) is 2.60. The Hall–Kier alpha value is -2.50. The number of nitrogens with one attached hydrogen (secondary N) is 1. The van der Waals surface area contributed by atoms with Crippen LogP contribution in [0.1, 0.15) is 0 Å². The van der Waals surface area contributed by atoms with Crippen molar-refractivity contribution in [2.45, 2.75) is 0 Å². The fourth-order valence-electron chi connectivity index (χ4n) is 1.54. The molecule has 0 bridgehead atoms. The Kier molecular flexibility index (Phi) is 2.70. The lowest BCUT2D eigenvalue weighted by atomic mass is 10.1. The number of aromatic nitrogens is 2. The van der Waals surface area contributed by atoms with Crippen molar-refractivity contribution in [2.24, 2.45) is 12.8 Å². The smallest absolute Gasteiger partial charge is 0.316 e. The number of hydrogen-bond acceptors (Lipinski definition) is 3. The molecule has 0 saturated carbocycles. The predicted octanol–water partition coefficient (Wildman–Crippen LogP) is 1.16. The van der Waals surface area contributed by atoms with Crippen molar-refractivity contribution < 1.29 is 4.79 Å². The normalized spacial score (nSPS) is 10.2. The first-order valence-electron chi connectivity index (χ1n) is 5.02. The van der Waals surface area contributed by atoms with E-state index in [1.54, 1.807) is 30.1 Å². The van der Waals surface area contributed by atoms with Crippen LogP contribution in [0.15, 0.2) is 30.5 Å². The molecule has 2 amide bonds. The first-order chi connectivity index (χ1) is 8.08. The number of carbonyl (C=O) groups is 1. The van der Waals surface area contributed by atoms with Crippen molar-refractivity contribution in [3.63, 3.8) is 0 Å². The molecule has 0 fully saturated rings. The van der Waals surface area contributed by atoms with Crippen LogP contribution in [0.2, 0.25) is 0 Å². The summed E-state index contributed by atoms with van der Waals surface area (Å²) in [6.45, 7) is 0. The highest BCUT2D eigenvalue weighted by Crippen LogP contribution is 2.25. The van der Waals surface area contributed by atoms with E-state index in [-0.39, 0.29) is 0 Å². The van der Waals surface area contributed by atoms with E-state index in [0.29, 0.717) is 11.5 Å². The molecule has 6 nitrogen and oxygen atoms in total. The number of benzene rings is 1. The predicted molar refractivity (Wildman–Crippen MR) is 66.3 cm³/mol. The zero-order chi connectivity index (χ0) is 12.4. The van der Waals surface area contributed by atoms with Gasteiger partial charge in [-0.1, -0.05) is 12.1 Å². The highest BCUT2D eigenvalue weighted by Gasteiger charge is 2.07.